The summed E-state index contributed by atoms with van der Waals surface area (Å²) in [6.45, 7) is -0.598. The second-order valence-electron chi connectivity index (χ2n) is 2.23. The van der Waals surface area contributed by atoms with Gasteiger partial charge in [0.05, 0.1) is 0 Å². The Morgan fingerprint density at radius 3 is 2.75 bits per heavy atom. The summed E-state index contributed by atoms with van der Waals surface area (Å²) in [7, 11) is -1.86. The second kappa shape index (κ2) is 4.08. The van der Waals surface area contributed by atoms with Crippen molar-refractivity contribution in [3.8, 4) is 5.75 Å². The van der Waals surface area contributed by atoms with Crippen LogP contribution in [0.3, 0.4) is 0 Å². The van der Waals surface area contributed by atoms with Crippen LogP contribution in [-0.2, 0) is 6.67 Å². The summed E-state index contributed by atoms with van der Waals surface area (Å²) in [5.74, 6) is 0.236. The van der Waals surface area contributed by atoms with E-state index in [4.69, 9.17) is 10.0 Å². The summed E-state index contributed by atoms with van der Waals surface area (Å²) < 4.78 is 16.6. The van der Waals surface area contributed by atoms with Gasteiger partial charge in [0.15, 0.2) is 0 Å². The number of halogens is 1. The first-order valence-corrected chi connectivity index (χ1v) is 3.40. The van der Waals surface area contributed by atoms with Crippen molar-refractivity contribution in [2.75, 3.05) is 0 Å². The molecule has 3 nitrogen and oxygen atoms in total. The molecule has 0 heterocycles. The van der Waals surface area contributed by atoms with Crippen molar-refractivity contribution in [3.63, 3.8) is 0 Å². The molecule has 0 atom stereocenters. The van der Waals surface area contributed by atoms with Gasteiger partial charge in [-0.05, 0) is 17.7 Å². The minimum absolute atomic E-state index is 0.236. The van der Waals surface area contributed by atoms with E-state index >= 15 is 0 Å². The van der Waals surface area contributed by atoms with Gasteiger partial charge >= 0.3 is 7.32 Å². The van der Waals surface area contributed by atoms with Crippen LogP contribution >= 0.6 is 0 Å². The van der Waals surface area contributed by atoms with Gasteiger partial charge in [-0.25, -0.2) is 4.39 Å². The standard InChI is InChI=1S/C7H8BFO3/c9-5-6-2-1-3-7(4-6)12-8(10)11/h1-4,10-11H,5H2. The van der Waals surface area contributed by atoms with Gasteiger partial charge in [-0.2, -0.15) is 0 Å². The number of alkyl halides is 1. The molecule has 0 bridgehead atoms. The summed E-state index contributed by atoms with van der Waals surface area (Å²) >= 11 is 0. The highest BCUT2D eigenvalue weighted by atomic mass is 19.1. The topological polar surface area (TPSA) is 49.7 Å². The molecule has 1 aromatic carbocycles. The van der Waals surface area contributed by atoms with Crippen molar-refractivity contribution in [1.29, 1.82) is 0 Å². The van der Waals surface area contributed by atoms with Gasteiger partial charge in [0.25, 0.3) is 0 Å². The minimum Gasteiger partial charge on any atom is -0.512 e. The Morgan fingerprint density at radius 2 is 2.17 bits per heavy atom. The molecule has 0 unspecified atom stereocenters. The van der Waals surface area contributed by atoms with Crippen molar-refractivity contribution < 1.29 is 19.1 Å². The van der Waals surface area contributed by atoms with Gasteiger partial charge in [0.2, 0.25) is 0 Å². The molecule has 0 fully saturated rings. The fraction of sp³-hybridized carbons (Fsp3) is 0.143. The zero-order chi connectivity index (χ0) is 8.97. The molecular weight excluding hydrogens is 162 g/mol. The lowest BCUT2D eigenvalue weighted by Crippen LogP contribution is -2.20. The van der Waals surface area contributed by atoms with Crippen LogP contribution < -0.4 is 4.65 Å². The molecule has 0 aliphatic rings. The van der Waals surface area contributed by atoms with Gasteiger partial charge in [0.1, 0.15) is 12.4 Å². The van der Waals surface area contributed by atoms with Crippen molar-refractivity contribution >= 4 is 7.32 Å². The average Bonchev–Trinajstić information content (AvgIpc) is 2.03. The zero-order valence-corrected chi connectivity index (χ0v) is 6.27. The Morgan fingerprint density at radius 1 is 1.42 bits per heavy atom. The van der Waals surface area contributed by atoms with Gasteiger partial charge in [-0.15, -0.1) is 0 Å². The van der Waals surface area contributed by atoms with E-state index in [-0.39, 0.29) is 5.75 Å². The molecule has 2 N–H and O–H groups in total. The smallest absolute Gasteiger partial charge is 0.512 e. The van der Waals surface area contributed by atoms with E-state index in [1.807, 2.05) is 0 Å². The number of hydrogen-bond acceptors (Lipinski definition) is 3. The Balaban J connectivity index is 2.72. The Labute approximate surface area is 69.6 Å². The third-order valence-corrected chi connectivity index (χ3v) is 1.29. The molecule has 0 aromatic heterocycles. The highest BCUT2D eigenvalue weighted by molar-refractivity contribution is 6.33. The molecule has 5 heteroatoms. The molecule has 0 aliphatic heterocycles. The van der Waals surface area contributed by atoms with E-state index in [1.165, 1.54) is 12.1 Å². The molecular formula is C7H8BFO3. The van der Waals surface area contributed by atoms with Crippen LogP contribution in [0.25, 0.3) is 0 Å². The molecule has 1 aromatic rings. The van der Waals surface area contributed by atoms with Crippen molar-refractivity contribution in [1.82, 2.24) is 0 Å². The van der Waals surface area contributed by atoms with Crippen LogP contribution in [-0.4, -0.2) is 17.4 Å². The Bertz CT molecular complexity index is 254. The maximum atomic E-state index is 12.1. The van der Waals surface area contributed by atoms with Crippen LogP contribution in [0.5, 0.6) is 5.75 Å². The maximum Gasteiger partial charge on any atom is 0.707 e. The van der Waals surface area contributed by atoms with Gasteiger partial charge in [0, 0.05) is 0 Å². The molecule has 1 rings (SSSR count). The minimum atomic E-state index is -1.86. The quantitative estimate of drug-likeness (QED) is 0.649. The number of benzene rings is 1. The van der Waals surface area contributed by atoms with E-state index in [2.05, 4.69) is 4.65 Å². The third-order valence-electron chi connectivity index (χ3n) is 1.29. The zero-order valence-electron chi connectivity index (χ0n) is 6.27. The molecule has 0 saturated carbocycles. The molecule has 0 amide bonds. The van der Waals surface area contributed by atoms with Crippen LogP contribution in [0.4, 0.5) is 4.39 Å². The summed E-state index contributed by atoms with van der Waals surface area (Å²) in [5.41, 5.74) is 0.438. The van der Waals surface area contributed by atoms with Crippen LogP contribution in [0, 0.1) is 0 Å². The molecule has 0 radical (unpaired) electrons. The Hall–Kier alpha value is -1.07. The molecule has 12 heavy (non-hydrogen) atoms. The van der Waals surface area contributed by atoms with E-state index < -0.39 is 14.0 Å². The van der Waals surface area contributed by atoms with Crippen LogP contribution in [0.1, 0.15) is 5.56 Å². The van der Waals surface area contributed by atoms with E-state index in [0.717, 1.165) is 0 Å². The monoisotopic (exact) mass is 170 g/mol. The van der Waals surface area contributed by atoms with Crippen molar-refractivity contribution in [2.45, 2.75) is 6.67 Å². The van der Waals surface area contributed by atoms with E-state index in [0.29, 0.717) is 5.56 Å². The fourth-order valence-corrected chi connectivity index (χ4v) is 0.824. The fourth-order valence-electron chi connectivity index (χ4n) is 0.824. The first-order valence-electron chi connectivity index (χ1n) is 3.40. The lowest BCUT2D eigenvalue weighted by molar-refractivity contribution is 0.288. The predicted octanol–water partition coefficient (Wildman–Crippen LogP) is 0.504. The Kier molecular flexibility index (Phi) is 3.07. The lowest BCUT2D eigenvalue weighted by Gasteiger charge is -2.04. The third kappa shape index (κ3) is 2.52. The van der Waals surface area contributed by atoms with Crippen LogP contribution in [0.15, 0.2) is 24.3 Å². The SMILES string of the molecule is OB(O)Oc1cccc(CF)c1. The normalized spacial score (nSPS) is 9.58. The van der Waals surface area contributed by atoms with E-state index in [1.54, 1.807) is 12.1 Å². The molecule has 0 saturated heterocycles. The van der Waals surface area contributed by atoms with Gasteiger partial charge in [-0.3, -0.25) is 0 Å². The van der Waals surface area contributed by atoms with E-state index in [9.17, 15) is 4.39 Å². The second-order valence-corrected chi connectivity index (χ2v) is 2.23. The van der Waals surface area contributed by atoms with Gasteiger partial charge in [-0.1, -0.05) is 12.1 Å². The molecule has 0 spiro atoms. The summed E-state index contributed by atoms with van der Waals surface area (Å²) in [6.07, 6.45) is 0. The van der Waals surface area contributed by atoms with Crippen LogP contribution in [0.2, 0.25) is 0 Å². The summed E-state index contributed by atoms with van der Waals surface area (Å²) in [4.78, 5) is 0. The molecule has 0 aliphatic carbocycles. The van der Waals surface area contributed by atoms with Crippen molar-refractivity contribution in [2.24, 2.45) is 0 Å². The number of rotatable bonds is 3. The molecule has 64 valence electrons. The summed E-state index contributed by atoms with van der Waals surface area (Å²) in [6, 6.07) is 6.07. The first kappa shape index (κ1) is 9.03. The van der Waals surface area contributed by atoms with Gasteiger partial charge < -0.3 is 14.7 Å². The first-order chi connectivity index (χ1) is 5.72. The lowest BCUT2D eigenvalue weighted by atomic mass is 10.2. The highest BCUT2D eigenvalue weighted by Gasteiger charge is 2.10. The largest absolute Gasteiger partial charge is 0.707 e. The average molecular weight is 170 g/mol. The maximum absolute atomic E-state index is 12.1. The van der Waals surface area contributed by atoms with Crippen molar-refractivity contribution in [3.05, 3.63) is 29.8 Å². The number of hydrogen-bond donors (Lipinski definition) is 2. The summed E-state index contributed by atoms with van der Waals surface area (Å²) in [5, 5.41) is 16.8. The predicted molar refractivity (Wildman–Crippen MR) is 42.1 cm³/mol. The highest BCUT2D eigenvalue weighted by Crippen LogP contribution is 2.13.